The molecule has 140 valence electrons. The SMILES string of the molecule is O=C(CCCCCn1ccc2c(-c3ccccc3)ncnc21)c1ccccc1. The molecule has 2 heterocycles. The molecule has 0 unspecified atom stereocenters. The number of carbonyl (C=O) groups excluding carboxylic acids is 1. The van der Waals surface area contributed by atoms with Crippen molar-refractivity contribution in [3.05, 3.63) is 84.8 Å². The number of hydrogen-bond donors (Lipinski definition) is 0. The average molecular weight is 369 g/mol. The van der Waals surface area contributed by atoms with Gasteiger partial charge in [0.25, 0.3) is 0 Å². The zero-order chi connectivity index (χ0) is 19.2. The van der Waals surface area contributed by atoms with Crippen LogP contribution in [0.1, 0.15) is 36.0 Å². The van der Waals surface area contributed by atoms with Crippen molar-refractivity contribution in [2.24, 2.45) is 0 Å². The Balaban J connectivity index is 1.35. The van der Waals surface area contributed by atoms with E-state index in [1.54, 1.807) is 6.33 Å². The molecular formula is C24H23N3O. The third-order valence-corrected chi connectivity index (χ3v) is 5.00. The van der Waals surface area contributed by atoms with E-state index in [2.05, 4.69) is 38.9 Å². The van der Waals surface area contributed by atoms with Gasteiger partial charge in [-0.25, -0.2) is 9.97 Å². The van der Waals surface area contributed by atoms with Crippen LogP contribution in [0, 0.1) is 0 Å². The summed E-state index contributed by atoms with van der Waals surface area (Å²) in [4.78, 5) is 21.1. The Morgan fingerprint density at radius 2 is 1.57 bits per heavy atom. The number of unbranched alkanes of at least 4 members (excludes halogenated alkanes) is 2. The van der Waals surface area contributed by atoms with E-state index in [1.807, 2.05) is 48.5 Å². The molecule has 0 bridgehead atoms. The lowest BCUT2D eigenvalue weighted by molar-refractivity contribution is 0.0979. The predicted molar refractivity (Wildman–Crippen MR) is 112 cm³/mol. The number of rotatable bonds is 8. The first-order chi connectivity index (χ1) is 13.8. The van der Waals surface area contributed by atoms with Crippen molar-refractivity contribution in [2.45, 2.75) is 32.2 Å². The van der Waals surface area contributed by atoms with Crippen molar-refractivity contribution in [2.75, 3.05) is 0 Å². The van der Waals surface area contributed by atoms with Crippen molar-refractivity contribution in [1.82, 2.24) is 14.5 Å². The van der Waals surface area contributed by atoms with Gasteiger partial charge < -0.3 is 4.57 Å². The molecule has 0 fully saturated rings. The number of aryl methyl sites for hydroxylation is 1. The number of aromatic nitrogens is 3. The highest BCUT2D eigenvalue weighted by molar-refractivity contribution is 5.96. The lowest BCUT2D eigenvalue weighted by Gasteiger charge is -2.06. The summed E-state index contributed by atoms with van der Waals surface area (Å²) in [6.07, 6.45) is 7.29. The molecule has 0 radical (unpaired) electrons. The highest BCUT2D eigenvalue weighted by Crippen LogP contribution is 2.26. The van der Waals surface area contributed by atoms with Crippen LogP contribution in [-0.2, 0) is 6.54 Å². The molecular weight excluding hydrogens is 346 g/mol. The van der Waals surface area contributed by atoms with Crippen LogP contribution >= 0.6 is 0 Å². The first kappa shape index (κ1) is 18.1. The highest BCUT2D eigenvalue weighted by atomic mass is 16.1. The van der Waals surface area contributed by atoms with Gasteiger partial charge in [0.15, 0.2) is 5.78 Å². The van der Waals surface area contributed by atoms with Gasteiger partial charge in [0.2, 0.25) is 0 Å². The second-order valence-electron chi connectivity index (χ2n) is 6.93. The van der Waals surface area contributed by atoms with Gasteiger partial charge in [-0.1, -0.05) is 67.1 Å². The Kier molecular flexibility index (Phi) is 5.57. The van der Waals surface area contributed by atoms with Gasteiger partial charge >= 0.3 is 0 Å². The van der Waals surface area contributed by atoms with E-state index in [-0.39, 0.29) is 5.78 Å². The van der Waals surface area contributed by atoms with Crippen LogP contribution in [0.4, 0.5) is 0 Å². The molecule has 0 amide bonds. The maximum Gasteiger partial charge on any atom is 0.162 e. The van der Waals surface area contributed by atoms with Gasteiger partial charge in [0.1, 0.15) is 12.0 Å². The molecule has 0 aliphatic carbocycles. The largest absolute Gasteiger partial charge is 0.332 e. The van der Waals surface area contributed by atoms with Gasteiger partial charge in [-0.05, 0) is 18.9 Å². The quantitative estimate of drug-likeness (QED) is 0.302. The topological polar surface area (TPSA) is 47.8 Å². The molecule has 28 heavy (non-hydrogen) atoms. The molecule has 0 aliphatic rings. The number of nitrogens with zero attached hydrogens (tertiary/aromatic N) is 3. The lowest BCUT2D eigenvalue weighted by Crippen LogP contribution is -2.01. The molecule has 0 saturated heterocycles. The zero-order valence-corrected chi connectivity index (χ0v) is 15.8. The molecule has 4 rings (SSSR count). The second-order valence-corrected chi connectivity index (χ2v) is 6.93. The molecule has 4 aromatic rings. The van der Waals surface area contributed by atoms with Gasteiger partial charge in [-0.2, -0.15) is 0 Å². The number of Topliss-reactive ketones (excluding diaryl/α,β-unsaturated/α-hetero) is 1. The monoisotopic (exact) mass is 369 g/mol. The number of fused-ring (bicyclic) bond motifs is 1. The van der Waals surface area contributed by atoms with Gasteiger partial charge in [-0.3, -0.25) is 4.79 Å². The lowest BCUT2D eigenvalue weighted by atomic mass is 10.0. The van der Waals surface area contributed by atoms with Crippen LogP contribution in [0.15, 0.2) is 79.3 Å². The molecule has 0 aliphatic heterocycles. The summed E-state index contributed by atoms with van der Waals surface area (Å²) in [7, 11) is 0. The number of hydrogen-bond acceptors (Lipinski definition) is 3. The Bertz CT molecular complexity index is 1060. The summed E-state index contributed by atoms with van der Waals surface area (Å²) < 4.78 is 2.18. The fourth-order valence-corrected chi connectivity index (χ4v) is 3.52. The molecule has 0 spiro atoms. The van der Waals surface area contributed by atoms with Crippen molar-refractivity contribution >= 4 is 16.8 Å². The fraction of sp³-hybridized carbons (Fsp3) is 0.208. The number of carbonyl (C=O) groups is 1. The van der Waals surface area contributed by atoms with E-state index < -0.39 is 0 Å². The Hall–Kier alpha value is -3.27. The van der Waals surface area contributed by atoms with E-state index in [0.29, 0.717) is 6.42 Å². The second kappa shape index (κ2) is 8.61. The molecule has 0 saturated carbocycles. The minimum atomic E-state index is 0.229. The number of ketones is 1. The van der Waals surface area contributed by atoms with Crippen LogP contribution < -0.4 is 0 Å². The van der Waals surface area contributed by atoms with Gasteiger partial charge in [0.05, 0.1) is 5.69 Å². The minimum Gasteiger partial charge on any atom is -0.332 e. The molecule has 0 atom stereocenters. The summed E-state index contributed by atoms with van der Waals surface area (Å²) in [5, 5.41) is 1.08. The third kappa shape index (κ3) is 4.01. The minimum absolute atomic E-state index is 0.229. The summed E-state index contributed by atoms with van der Waals surface area (Å²) in [5.74, 6) is 0.229. The highest BCUT2D eigenvalue weighted by Gasteiger charge is 2.10. The molecule has 4 nitrogen and oxygen atoms in total. The van der Waals surface area contributed by atoms with E-state index >= 15 is 0 Å². The standard InChI is InChI=1S/C24H23N3O/c28-22(19-10-4-1-5-11-19)14-8-3-9-16-27-17-15-21-23(25-18-26-24(21)27)20-12-6-2-7-13-20/h1-2,4-7,10-13,15,17-18H,3,8-9,14,16H2. The van der Waals surface area contributed by atoms with E-state index in [9.17, 15) is 4.79 Å². The Morgan fingerprint density at radius 1 is 0.821 bits per heavy atom. The van der Waals surface area contributed by atoms with Crippen molar-refractivity contribution in [3.8, 4) is 11.3 Å². The van der Waals surface area contributed by atoms with Crippen LogP contribution in [0.25, 0.3) is 22.3 Å². The Labute approximate surface area is 164 Å². The average Bonchev–Trinajstić information content (AvgIpc) is 3.18. The van der Waals surface area contributed by atoms with E-state index in [4.69, 9.17) is 0 Å². The third-order valence-electron chi connectivity index (χ3n) is 5.00. The number of benzene rings is 2. The maximum absolute atomic E-state index is 12.2. The van der Waals surface area contributed by atoms with Crippen LogP contribution in [0.2, 0.25) is 0 Å². The smallest absolute Gasteiger partial charge is 0.162 e. The van der Waals surface area contributed by atoms with E-state index in [1.165, 1.54) is 0 Å². The summed E-state index contributed by atoms with van der Waals surface area (Å²) >= 11 is 0. The van der Waals surface area contributed by atoms with Gasteiger partial charge in [0, 0.05) is 35.7 Å². The van der Waals surface area contributed by atoms with Crippen molar-refractivity contribution in [1.29, 1.82) is 0 Å². The first-order valence-electron chi connectivity index (χ1n) is 9.76. The molecule has 4 heteroatoms. The zero-order valence-electron chi connectivity index (χ0n) is 15.8. The van der Waals surface area contributed by atoms with Crippen molar-refractivity contribution < 1.29 is 4.79 Å². The molecule has 0 N–H and O–H groups in total. The summed E-state index contributed by atoms with van der Waals surface area (Å²) in [6.45, 7) is 0.897. The molecule has 2 aromatic carbocycles. The summed E-state index contributed by atoms with van der Waals surface area (Å²) in [6, 6.07) is 21.8. The van der Waals surface area contributed by atoms with Crippen LogP contribution in [-0.4, -0.2) is 20.3 Å². The first-order valence-corrected chi connectivity index (χ1v) is 9.76. The van der Waals surface area contributed by atoms with Gasteiger partial charge in [-0.15, -0.1) is 0 Å². The van der Waals surface area contributed by atoms with Crippen LogP contribution in [0.3, 0.4) is 0 Å². The maximum atomic E-state index is 12.2. The normalized spacial score (nSPS) is 11.0. The predicted octanol–water partition coefficient (Wildman–Crippen LogP) is 5.54. The van der Waals surface area contributed by atoms with E-state index in [0.717, 1.165) is 53.7 Å². The molecule has 2 aromatic heterocycles. The fourth-order valence-electron chi connectivity index (χ4n) is 3.52. The van der Waals surface area contributed by atoms with Crippen LogP contribution in [0.5, 0.6) is 0 Å². The Morgan fingerprint density at radius 3 is 2.36 bits per heavy atom. The summed E-state index contributed by atoms with van der Waals surface area (Å²) in [5.41, 5.74) is 3.85. The van der Waals surface area contributed by atoms with Crippen molar-refractivity contribution in [3.63, 3.8) is 0 Å².